The summed E-state index contributed by atoms with van der Waals surface area (Å²) in [6.07, 6.45) is 2.67. The van der Waals surface area contributed by atoms with Crippen molar-refractivity contribution < 1.29 is 9.59 Å². The highest BCUT2D eigenvalue weighted by Crippen LogP contribution is 2.25. The number of nitrogens with one attached hydrogen (secondary N) is 2. The highest BCUT2D eigenvalue weighted by Gasteiger charge is 2.22. The van der Waals surface area contributed by atoms with Crippen LogP contribution in [0.25, 0.3) is 16.9 Å². The Balaban J connectivity index is 2.02. The van der Waals surface area contributed by atoms with Crippen molar-refractivity contribution in [2.24, 2.45) is 0 Å². The minimum absolute atomic E-state index is 0.217. The van der Waals surface area contributed by atoms with Crippen molar-refractivity contribution in [1.82, 2.24) is 20.4 Å². The predicted molar refractivity (Wildman–Crippen MR) is 119 cm³/mol. The molecule has 0 spiro atoms. The molecule has 0 aliphatic heterocycles. The van der Waals surface area contributed by atoms with Gasteiger partial charge in [-0.1, -0.05) is 49.4 Å². The van der Waals surface area contributed by atoms with E-state index in [0.717, 1.165) is 23.2 Å². The number of aryl methyl sites for hydroxylation is 2. The average molecular weight is 405 g/mol. The Labute approximate surface area is 177 Å². The van der Waals surface area contributed by atoms with Gasteiger partial charge in [0.15, 0.2) is 0 Å². The number of carbonyl (C=O) groups is 2. The summed E-state index contributed by atoms with van der Waals surface area (Å²) < 4.78 is 1.73. The molecule has 1 atom stereocenters. The van der Waals surface area contributed by atoms with Gasteiger partial charge < -0.3 is 10.6 Å². The lowest BCUT2D eigenvalue weighted by Gasteiger charge is -2.13. The number of amides is 2. The van der Waals surface area contributed by atoms with Gasteiger partial charge in [-0.05, 0) is 44.4 Å². The lowest BCUT2D eigenvalue weighted by atomic mass is 10.0. The number of aromatic nitrogens is 2. The summed E-state index contributed by atoms with van der Waals surface area (Å²) in [5.74, 6) is -0.547. The van der Waals surface area contributed by atoms with Crippen LogP contribution in [0.5, 0.6) is 0 Å². The van der Waals surface area contributed by atoms with Crippen LogP contribution in [-0.4, -0.2) is 34.2 Å². The van der Waals surface area contributed by atoms with Crippen LogP contribution in [0.1, 0.15) is 42.3 Å². The van der Waals surface area contributed by atoms with E-state index in [9.17, 15) is 9.59 Å². The number of nitrogens with zero attached hydrogens (tertiary/aromatic N) is 2. The monoisotopic (exact) mass is 404 g/mol. The predicted octanol–water partition coefficient (Wildman–Crippen LogP) is 3.66. The van der Waals surface area contributed by atoms with Crippen LogP contribution >= 0.6 is 0 Å². The Morgan fingerprint density at radius 2 is 1.77 bits per heavy atom. The van der Waals surface area contributed by atoms with Gasteiger partial charge in [0.25, 0.3) is 5.91 Å². The summed E-state index contributed by atoms with van der Waals surface area (Å²) in [6.45, 7) is 8.13. The standard InChI is InChI=1S/C24H28N4O2/c1-5-18-11-13-19(14-12-18)22-20(24(30)26-17(4)23(29)25-6-2)15-28(27-22)21-10-8-7-9-16(21)3/h7-15,17H,5-6H2,1-4H3,(H,25,29)(H,26,30)/t17-/m0/s1. The maximum absolute atomic E-state index is 13.1. The van der Waals surface area contributed by atoms with E-state index in [0.29, 0.717) is 17.8 Å². The average Bonchev–Trinajstić information content (AvgIpc) is 3.19. The summed E-state index contributed by atoms with van der Waals surface area (Å²) in [5, 5.41) is 10.2. The lowest BCUT2D eigenvalue weighted by Crippen LogP contribution is -2.44. The zero-order valence-electron chi connectivity index (χ0n) is 17.9. The summed E-state index contributed by atoms with van der Waals surface area (Å²) in [4.78, 5) is 25.1. The molecular formula is C24H28N4O2. The van der Waals surface area contributed by atoms with E-state index in [1.54, 1.807) is 17.8 Å². The second-order valence-corrected chi connectivity index (χ2v) is 7.26. The van der Waals surface area contributed by atoms with Crippen LogP contribution in [0.3, 0.4) is 0 Å². The third kappa shape index (κ3) is 4.59. The quantitative estimate of drug-likeness (QED) is 0.631. The van der Waals surface area contributed by atoms with Gasteiger partial charge in [0.05, 0.1) is 11.3 Å². The third-order valence-electron chi connectivity index (χ3n) is 5.05. The van der Waals surface area contributed by atoms with Crippen molar-refractivity contribution in [3.63, 3.8) is 0 Å². The molecule has 156 valence electrons. The molecule has 30 heavy (non-hydrogen) atoms. The fraction of sp³-hybridized carbons (Fsp3) is 0.292. The van der Waals surface area contributed by atoms with Gasteiger partial charge in [-0.2, -0.15) is 5.10 Å². The van der Waals surface area contributed by atoms with Gasteiger partial charge in [-0.25, -0.2) is 4.68 Å². The van der Waals surface area contributed by atoms with Crippen LogP contribution in [0, 0.1) is 6.92 Å². The smallest absolute Gasteiger partial charge is 0.255 e. The van der Waals surface area contributed by atoms with E-state index in [1.165, 1.54) is 5.56 Å². The molecule has 6 nitrogen and oxygen atoms in total. The first kappa shape index (κ1) is 21.3. The lowest BCUT2D eigenvalue weighted by molar-refractivity contribution is -0.122. The van der Waals surface area contributed by atoms with Crippen molar-refractivity contribution in [3.05, 3.63) is 71.4 Å². The first-order chi connectivity index (χ1) is 14.4. The number of rotatable bonds is 7. The van der Waals surface area contributed by atoms with E-state index < -0.39 is 6.04 Å². The third-order valence-corrected chi connectivity index (χ3v) is 5.05. The molecule has 0 fully saturated rings. The van der Waals surface area contributed by atoms with Gasteiger partial charge >= 0.3 is 0 Å². The Morgan fingerprint density at radius 3 is 2.40 bits per heavy atom. The summed E-state index contributed by atoms with van der Waals surface area (Å²) in [6, 6.07) is 15.3. The van der Waals surface area contributed by atoms with Crippen molar-refractivity contribution >= 4 is 11.8 Å². The minimum atomic E-state index is -0.644. The van der Waals surface area contributed by atoms with Crippen molar-refractivity contribution in [1.29, 1.82) is 0 Å². The van der Waals surface area contributed by atoms with E-state index >= 15 is 0 Å². The second kappa shape index (κ2) is 9.39. The fourth-order valence-corrected chi connectivity index (χ4v) is 3.26. The highest BCUT2D eigenvalue weighted by molar-refractivity contribution is 6.02. The van der Waals surface area contributed by atoms with Crippen LogP contribution in [0.4, 0.5) is 0 Å². The second-order valence-electron chi connectivity index (χ2n) is 7.26. The van der Waals surface area contributed by atoms with Crippen LogP contribution in [-0.2, 0) is 11.2 Å². The minimum Gasteiger partial charge on any atom is -0.355 e. The molecule has 2 N–H and O–H groups in total. The number of benzene rings is 2. The summed E-state index contributed by atoms with van der Waals surface area (Å²) in [7, 11) is 0. The molecule has 3 aromatic rings. The molecule has 0 saturated heterocycles. The maximum atomic E-state index is 13.1. The Hall–Kier alpha value is -3.41. The molecule has 1 aromatic heterocycles. The Bertz CT molecular complexity index is 1040. The highest BCUT2D eigenvalue weighted by atomic mass is 16.2. The molecule has 1 heterocycles. The van der Waals surface area contributed by atoms with Crippen molar-refractivity contribution in [2.45, 2.75) is 40.2 Å². The Morgan fingerprint density at radius 1 is 1.07 bits per heavy atom. The number of likely N-dealkylation sites (N-methyl/N-ethyl adjacent to an activating group) is 1. The molecule has 0 bridgehead atoms. The zero-order valence-corrected chi connectivity index (χ0v) is 17.9. The number of hydrogen-bond donors (Lipinski definition) is 2. The molecule has 2 amide bonds. The van der Waals surface area contributed by atoms with E-state index in [1.807, 2.05) is 62.4 Å². The van der Waals surface area contributed by atoms with E-state index in [4.69, 9.17) is 5.10 Å². The van der Waals surface area contributed by atoms with Gasteiger partial charge in [0, 0.05) is 18.3 Å². The molecule has 2 aromatic carbocycles. The first-order valence-corrected chi connectivity index (χ1v) is 10.3. The van der Waals surface area contributed by atoms with Crippen molar-refractivity contribution in [3.8, 4) is 16.9 Å². The van der Waals surface area contributed by atoms with Gasteiger partial charge in [-0.3, -0.25) is 9.59 Å². The Kier molecular flexibility index (Phi) is 6.67. The molecule has 0 aliphatic rings. The van der Waals surface area contributed by atoms with Gasteiger partial charge in [0.1, 0.15) is 11.7 Å². The number of carbonyl (C=O) groups excluding carboxylic acids is 2. The summed E-state index contributed by atoms with van der Waals surface area (Å²) >= 11 is 0. The van der Waals surface area contributed by atoms with Crippen LogP contribution < -0.4 is 10.6 Å². The van der Waals surface area contributed by atoms with E-state index in [-0.39, 0.29) is 11.8 Å². The number of hydrogen-bond acceptors (Lipinski definition) is 3. The molecule has 0 saturated carbocycles. The molecule has 6 heteroatoms. The topological polar surface area (TPSA) is 76.0 Å². The van der Waals surface area contributed by atoms with E-state index in [2.05, 4.69) is 17.6 Å². The SMILES string of the molecule is CCNC(=O)[C@H](C)NC(=O)c1cn(-c2ccccc2C)nc1-c1ccc(CC)cc1. The first-order valence-electron chi connectivity index (χ1n) is 10.3. The molecule has 0 unspecified atom stereocenters. The largest absolute Gasteiger partial charge is 0.355 e. The van der Waals surface area contributed by atoms with Gasteiger partial charge in [0.2, 0.25) is 5.91 Å². The fourth-order valence-electron chi connectivity index (χ4n) is 3.26. The van der Waals surface area contributed by atoms with Crippen molar-refractivity contribution in [2.75, 3.05) is 6.54 Å². The summed E-state index contributed by atoms with van der Waals surface area (Å²) in [5.41, 5.74) is 5.04. The van der Waals surface area contributed by atoms with Gasteiger partial charge in [-0.15, -0.1) is 0 Å². The molecule has 3 rings (SSSR count). The molecule has 0 aliphatic carbocycles. The zero-order chi connectivity index (χ0) is 21.7. The van der Waals surface area contributed by atoms with Crippen LogP contribution in [0.2, 0.25) is 0 Å². The maximum Gasteiger partial charge on any atom is 0.255 e. The van der Waals surface area contributed by atoms with Crippen LogP contribution in [0.15, 0.2) is 54.7 Å². The normalized spacial score (nSPS) is 11.7. The number of para-hydroxylation sites is 1. The molecular weight excluding hydrogens is 376 g/mol. The molecule has 0 radical (unpaired) electrons.